The lowest BCUT2D eigenvalue weighted by Gasteiger charge is -2.36. The van der Waals surface area contributed by atoms with Crippen molar-refractivity contribution >= 4 is 51.5 Å². The van der Waals surface area contributed by atoms with Gasteiger partial charge >= 0.3 is 6.18 Å². The van der Waals surface area contributed by atoms with Crippen LogP contribution in [0.4, 0.5) is 24.5 Å². The van der Waals surface area contributed by atoms with Gasteiger partial charge in [0.15, 0.2) is 17.3 Å². The average molecular weight is 749 g/mol. The fourth-order valence-corrected chi connectivity index (χ4v) is 6.80. The summed E-state index contributed by atoms with van der Waals surface area (Å²) in [6, 6.07) is 12.2. The highest BCUT2D eigenvalue weighted by Crippen LogP contribution is 2.34. The summed E-state index contributed by atoms with van der Waals surface area (Å²) in [7, 11) is 1.85. The van der Waals surface area contributed by atoms with Crippen LogP contribution in [0.2, 0.25) is 5.02 Å². The summed E-state index contributed by atoms with van der Waals surface area (Å²) in [5, 5.41) is 18.2. The van der Waals surface area contributed by atoms with Gasteiger partial charge in [0.25, 0.3) is 11.5 Å². The van der Waals surface area contributed by atoms with E-state index in [1.54, 1.807) is 11.5 Å². The number of alkyl halides is 3. The highest BCUT2D eigenvalue weighted by atomic mass is 35.5. The average Bonchev–Trinajstić information content (AvgIpc) is 3.72. The molecule has 5 heterocycles. The molecule has 0 saturated carbocycles. The number of hydrogen-bond acceptors (Lipinski definition) is 9. The number of halogens is 4. The van der Waals surface area contributed by atoms with E-state index in [-0.39, 0.29) is 77.7 Å². The van der Waals surface area contributed by atoms with Crippen molar-refractivity contribution in [2.75, 3.05) is 36.4 Å². The van der Waals surface area contributed by atoms with Crippen molar-refractivity contribution in [3.63, 3.8) is 0 Å². The van der Waals surface area contributed by atoms with Gasteiger partial charge in [0.1, 0.15) is 18.6 Å². The van der Waals surface area contributed by atoms with Gasteiger partial charge in [-0.15, -0.1) is 5.10 Å². The molecular weight excluding hydrogens is 717 g/mol. The number of nitrogens with zero attached hydrogens (tertiary/aromatic N) is 9. The Morgan fingerprint density at radius 3 is 2.45 bits per heavy atom. The lowest BCUT2D eigenvalue weighted by molar-refractivity contribution is -0.137. The molecule has 0 spiro atoms. The van der Waals surface area contributed by atoms with E-state index in [0.717, 1.165) is 33.6 Å². The molecule has 1 aliphatic rings. The largest absolute Gasteiger partial charge is 0.504 e. The molecule has 1 saturated heterocycles. The number of aromatic hydroxyl groups is 1. The van der Waals surface area contributed by atoms with Gasteiger partial charge in [-0.05, 0) is 43.7 Å². The minimum Gasteiger partial charge on any atom is -0.504 e. The standard InChI is InChI=1S/C35H32ClF3N10O4/c1-4-24-29(46-11-13-47(14-12-46)32(52)28-30(51)19(2)40-18-41-28)33(53)49-34(43-31(44-49)26-15-20-7-5-6-8-25(20)45(26)3)48(24)17-27(50)42-23-10-9-21(16-22(23)36)35(37,38)39/h5-10,15-16,18,51H,4,11-14,17H2,1-3H3,(H,42,50). The van der Waals surface area contributed by atoms with Crippen LogP contribution in [-0.2, 0) is 31.0 Å². The number of carbonyl (C=O) groups excluding carboxylic acids is 2. The van der Waals surface area contributed by atoms with Gasteiger partial charge in [0, 0.05) is 44.1 Å². The number of piperazine rings is 1. The van der Waals surface area contributed by atoms with Crippen molar-refractivity contribution in [2.45, 2.75) is 33.0 Å². The summed E-state index contributed by atoms with van der Waals surface area (Å²) in [4.78, 5) is 57.2. The van der Waals surface area contributed by atoms with E-state index in [0.29, 0.717) is 11.4 Å². The SMILES string of the molecule is CCc1c(N2CCN(C(=O)c3ncnc(C)c3O)CC2)c(=O)n2nc(-c3cc4ccccc4n3C)nc2n1CC(=O)Nc1ccc(C(F)(F)F)cc1Cl. The Kier molecular flexibility index (Phi) is 9.05. The zero-order valence-electron chi connectivity index (χ0n) is 28.6. The van der Waals surface area contributed by atoms with E-state index >= 15 is 0 Å². The molecule has 0 bridgehead atoms. The fraction of sp³-hybridized carbons (Fsp3) is 0.286. The lowest BCUT2D eigenvalue weighted by Crippen LogP contribution is -2.51. The molecule has 2 N–H and O–H groups in total. The number of fused-ring (bicyclic) bond motifs is 2. The third-order valence-corrected chi connectivity index (χ3v) is 9.62. The van der Waals surface area contributed by atoms with Crippen LogP contribution in [-0.4, -0.2) is 81.7 Å². The zero-order valence-corrected chi connectivity index (χ0v) is 29.4. The molecule has 7 rings (SSSR count). The molecule has 1 aliphatic heterocycles. The van der Waals surface area contributed by atoms with E-state index in [9.17, 15) is 32.7 Å². The molecule has 0 radical (unpaired) electrons. The van der Waals surface area contributed by atoms with Gasteiger partial charge in [-0.2, -0.15) is 22.7 Å². The molecule has 18 heteroatoms. The molecule has 14 nitrogen and oxygen atoms in total. The molecule has 6 aromatic rings. The summed E-state index contributed by atoms with van der Waals surface area (Å²) >= 11 is 6.15. The van der Waals surface area contributed by atoms with Crippen LogP contribution in [0.3, 0.4) is 0 Å². The number of benzene rings is 2. The molecule has 274 valence electrons. The summed E-state index contributed by atoms with van der Waals surface area (Å²) in [6.07, 6.45) is -3.14. The second-order valence-corrected chi connectivity index (χ2v) is 12.9. The first kappa shape index (κ1) is 35.4. The topological polar surface area (TPSA) is 156 Å². The number of hydrogen-bond donors (Lipinski definition) is 2. The lowest BCUT2D eigenvalue weighted by atomic mass is 10.2. The second-order valence-electron chi connectivity index (χ2n) is 12.5. The molecule has 2 amide bonds. The Bertz CT molecular complexity index is 2480. The van der Waals surface area contributed by atoms with Crippen LogP contribution in [0.5, 0.6) is 5.75 Å². The molecule has 0 atom stereocenters. The van der Waals surface area contributed by atoms with Gasteiger partial charge < -0.3 is 29.4 Å². The summed E-state index contributed by atoms with van der Waals surface area (Å²) in [5.41, 5.74) is 0.918. The van der Waals surface area contributed by atoms with Gasteiger partial charge in [-0.3, -0.25) is 14.4 Å². The minimum atomic E-state index is -4.62. The molecule has 4 aromatic heterocycles. The molecule has 53 heavy (non-hydrogen) atoms. The molecule has 2 aromatic carbocycles. The summed E-state index contributed by atoms with van der Waals surface area (Å²) in [5.74, 6) is -1.11. The quantitative estimate of drug-likeness (QED) is 0.237. The van der Waals surface area contributed by atoms with Crippen LogP contribution in [0.15, 0.2) is 59.7 Å². The maximum Gasteiger partial charge on any atom is 0.416 e. The van der Waals surface area contributed by atoms with Crippen LogP contribution in [0.25, 0.3) is 28.2 Å². The minimum absolute atomic E-state index is 0.0247. The van der Waals surface area contributed by atoms with Crippen molar-refractivity contribution in [1.29, 1.82) is 0 Å². The van der Waals surface area contributed by atoms with Crippen LogP contribution in [0, 0.1) is 6.92 Å². The number of carbonyl (C=O) groups is 2. The van der Waals surface area contributed by atoms with Crippen molar-refractivity contribution in [1.82, 2.24) is 38.6 Å². The maximum atomic E-state index is 14.4. The summed E-state index contributed by atoms with van der Waals surface area (Å²) < 4.78 is 44.4. The van der Waals surface area contributed by atoms with Crippen LogP contribution >= 0.6 is 11.6 Å². The van der Waals surface area contributed by atoms with Gasteiger partial charge in [0.05, 0.1) is 33.4 Å². The highest BCUT2D eigenvalue weighted by molar-refractivity contribution is 6.33. The zero-order chi connectivity index (χ0) is 37.8. The van der Waals surface area contributed by atoms with E-state index in [2.05, 4.69) is 20.4 Å². The number of aryl methyl sites for hydroxylation is 2. The summed E-state index contributed by atoms with van der Waals surface area (Å²) in [6.45, 7) is 3.81. The van der Waals surface area contributed by atoms with E-state index in [4.69, 9.17) is 16.6 Å². The number of nitrogens with one attached hydrogen (secondary N) is 1. The number of rotatable bonds is 7. The Morgan fingerprint density at radius 1 is 1.04 bits per heavy atom. The number of anilines is 2. The normalized spacial score (nSPS) is 13.6. The first-order valence-corrected chi connectivity index (χ1v) is 16.9. The monoisotopic (exact) mass is 748 g/mol. The highest BCUT2D eigenvalue weighted by Gasteiger charge is 2.32. The van der Waals surface area contributed by atoms with E-state index in [1.165, 1.54) is 11.2 Å². The smallest absolute Gasteiger partial charge is 0.416 e. The van der Waals surface area contributed by atoms with Gasteiger partial charge in [-0.25, -0.2) is 9.97 Å². The van der Waals surface area contributed by atoms with Crippen LogP contribution < -0.4 is 15.8 Å². The van der Waals surface area contributed by atoms with E-state index < -0.39 is 35.7 Å². The number of amides is 2. The van der Waals surface area contributed by atoms with Crippen molar-refractivity contribution in [3.05, 3.63) is 92.9 Å². The Morgan fingerprint density at radius 2 is 1.77 bits per heavy atom. The van der Waals surface area contributed by atoms with Crippen molar-refractivity contribution in [3.8, 4) is 17.3 Å². The first-order chi connectivity index (χ1) is 25.3. The van der Waals surface area contributed by atoms with Gasteiger partial charge in [-0.1, -0.05) is 36.7 Å². The predicted molar refractivity (Wildman–Crippen MR) is 190 cm³/mol. The molecular formula is C35H32ClF3N10O4. The maximum absolute atomic E-state index is 14.4. The molecule has 0 unspecified atom stereocenters. The van der Waals surface area contributed by atoms with E-state index in [1.807, 2.05) is 53.8 Å². The van der Waals surface area contributed by atoms with Gasteiger partial charge in [0.2, 0.25) is 11.7 Å². The molecule has 0 aliphatic carbocycles. The number of aromatic nitrogens is 7. The Hall–Kier alpha value is -5.97. The van der Waals surface area contributed by atoms with Crippen molar-refractivity contribution in [2.24, 2.45) is 7.05 Å². The Labute approximate surface area is 304 Å². The number of para-hydroxylation sites is 1. The third kappa shape index (κ3) is 6.41. The fourth-order valence-electron chi connectivity index (χ4n) is 6.57. The molecule has 1 fully saturated rings. The predicted octanol–water partition coefficient (Wildman–Crippen LogP) is 4.69. The third-order valence-electron chi connectivity index (χ3n) is 9.30. The Balaban J connectivity index is 1.28. The van der Waals surface area contributed by atoms with Crippen molar-refractivity contribution < 1.29 is 27.9 Å². The first-order valence-electron chi connectivity index (χ1n) is 16.6. The van der Waals surface area contributed by atoms with Crippen LogP contribution in [0.1, 0.15) is 34.4 Å². The second kappa shape index (κ2) is 13.5.